The molecule has 0 aliphatic carbocycles. The van der Waals surface area contributed by atoms with Gasteiger partial charge >= 0.3 is 0 Å². The summed E-state index contributed by atoms with van der Waals surface area (Å²) in [4.78, 5) is 13.0. The van der Waals surface area contributed by atoms with Crippen LogP contribution in [0.25, 0.3) is 5.69 Å². The van der Waals surface area contributed by atoms with E-state index in [2.05, 4.69) is 22.3 Å². The SMILES string of the molecule is Cc1nn(-c2ccccc2)c(C)c1C(=O)Nc1cccc(C#Cc2ccccc2)c1. The van der Waals surface area contributed by atoms with Crippen molar-refractivity contribution in [1.82, 2.24) is 9.78 Å². The molecule has 4 nitrogen and oxygen atoms in total. The second kappa shape index (κ2) is 8.50. The van der Waals surface area contributed by atoms with Crippen LogP contribution in [0.3, 0.4) is 0 Å². The molecule has 146 valence electrons. The van der Waals surface area contributed by atoms with Gasteiger partial charge in [-0.05, 0) is 56.3 Å². The van der Waals surface area contributed by atoms with Crippen LogP contribution in [0.15, 0.2) is 84.9 Å². The van der Waals surface area contributed by atoms with E-state index >= 15 is 0 Å². The molecular formula is C26H21N3O. The summed E-state index contributed by atoms with van der Waals surface area (Å²) < 4.78 is 1.80. The van der Waals surface area contributed by atoms with Crippen molar-refractivity contribution in [2.45, 2.75) is 13.8 Å². The quantitative estimate of drug-likeness (QED) is 0.492. The van der Waals surface area contributed by atoms with Crippen molar-refractivity contribution in [3.8, 4) is 17.5 Å². The van der Waals surface area contributed by atoms with E-state index in [4.69, 9.17) is 0 Å². The van der Waals surface area contributed by atoms with Crippen LogP contribution >= 0.6 is 0 Å². The predicted molar refractivity (Wildman–Crippen MR) is 120 cm³/mol. The first-order valence-electron chi connectivity index (χ1n) is 9.72. The highest BCUT2D eigenvalue weighted by molar-refractivity contribution is 6.06. The standard InChI is InChI=1S/C26H21N3O/c1-19-25(20(2)29(28-19)24-14-7-4-8-15-24)26(30)27-23-13-9-12-22(18-23)17-16-21-10-5-3-6-11-21/h3-15,18H,1-2H3,(H,27,30). The first-order chi connectivity index (χ1) is 14.6. The second-order valence-electron chi connectivity index (χ2n) is 6.94. The van der Waals surface area contributed by atoms with Gasteiger partial charge in [-0.2, -0.15) is 5.10 Å². The molecule has 4 heteroatoms. The van der Waals surface area contributed by atoms with Crippen molar-refractivity contribution in [2.75, 3.05) is 5.32 Å². The second-order valence-corrected chi connectivity index (χ2v) is 6.94. The molecule has 0 spiro atoms. The average Bonchev–Trinajstić information content (AvgIpc) is 3.08. The lowest BCUT2D eigenvalue weighted by molar-refractivity contribution is 0.102. The fourth-order valence-corrected chi connectivity index (χ4v) is 3.33. The normalized spacial score (nSPS) is 10.2. The topological polar surface area (TPSA) is 46.9 Å². The third-order valence-corrected chi connectivity index (χ3v) is 4.76. The van der Waals surface area contributed by atoms with Crippen LogP contribution in [0.2, 0.25) is 0 Å². The molecule has 1 amide bonds. The van der Waals surface area contributed by atoms with Crippen LogP contribution in [-0.2, 0) is 0 Å². The van der Waals surface area contributed by atoms with E-state index in [1.165, 1.54) is 0 Å². The van der Waals surface area contributed by atoms with E-state index in [1.54, 1.807) is 4.68 Å². The number of aromatic nitrogens is 2. The van der Waals surface area contributed by atoms with Gasteiger partial charge in [-0.15, -0.1) is 0 Å². The summed E-state index contributed by atoms with van der Waals surface area (Å²) in [6, 6.07) is 27.2. The van der Waals surface area contributed by atoms with E-state index in [0.29, 0.717) is 16.9 Å². The largest absolute Gasteiger partial charge is 0.322 e. The highest BCUT2D eigenvalue weighted by atomic mass is 16.1. The van der Waals surface area contributed by atoms with E-state index in [1.807, 2.05) is 98.8 Å². The van der Waals surface area contributed by atoms with Crippen molar-refractivity contribution >= 4 is 11.6 Å². The maximum Gasteiger partial charge on any atom is 0.259 e. The number of hydrogen-bond donors (Lipinski definition) is 1. The minimum atomic E-state index is -0.180. The Balaban J connectivity index is 1.57. The Labute approximate surface area is 176 Å². The van der Waals surface area contributed by atoms with E-state index in [-0.39, 0.29) is 5.91 Å². The van der Waals surface area contributed by atoms with Crippen LogP contribution in [0, 0.1) is 25.7 Å². The lowest BCUT2D eigenvalue weighted by Gasteiger charge is -2.07. The lowest BCUT2D eigenvalue weighted by atomic mass is 10.1. The van der Waals surface area contributed by atoms with Crippen LogP contribution in [-0.4, -0.2) is 15.7 Å². The van der Waals surface area contributed by atoms with Gasteiger partial charge in [-0.3, -0.25) is 4.79 Å². The molecule has 4 aromatic rings. The zero-order valence-electron chi connectivity index (χ0n) is 16.9. The van der Waals surface area contributed by atoms with Gasteiger partial charge in [0.1, 0.15) is 0 Å². The molecule has 0 radical (unpaired) electrons. The Morgan fingerprint density at radius 2 is 1.47 bits per heavy atom. The smallest absolute Gasteiger partial charge is 0.259 e. The van der Waals surface area contributed by atoms with E-state index < -0.39 is 0 Å². The lowest BCUT2D eigenvalue weighted by Crippen LogP contribution is -2.14. The van der Waals surface area contributed by atoms with Gasteiger partial charge in [0.05, 0.1) is 22.6 Å². The molecule has 0 aliphatic heterocycles. The number of aryl methyl sites for hydroxylation is 1. The first-order valence-corrected chi connectivity index (χ1v) is 9.72. The number of nitrogens with zero attached hydrogens (tertiary/aromatic N) is 2. The number of para-hydroxylation sites is 1. The molecule has 0 unspecified atom stereocenters. The van der Waals surface area contributed by atoms with Crippen molar-refractivity contribution in [3.05, 3.63) is 113 Å². The molecule has 0 atom stereocenters. The van der Waals surface area contributed by atoms with Gasteiger partial charge in [0.2, 0.25) is 0 Å². The fraction of sp³-hybridized carbons (Fsp3) is 0.0769. The summed E-state index contributed by atoms with van der Waals surface area (Å²) in [5.74, 6) is 6.10. The van der Waals surface area contributed by atoms with Crippen LogP contribution in [0.1, 0.15) is 32.9 Å². The van der Waals surface area contributed by atoms with Crippen LogP contribution in [0.4, 0.5) is 5.69 Å². The summed E-state index contributed by atoms with van der Waals surface area (Å²) in [6.45, 7) is 3.76. The molecule has 1 heterocycles. The van der Waals surface area contributed by atoms with Gasteiger partial charge in [-0.1, -0.05) is 54.3 Å². The number of carbonyl (C=O) groups excluding carboxylic acids is 1. The summed E-state index contributed by atoms with van der Waals surface area (Å²) in [5, 5.41) is 7.54. The number of benzene rings is 3. The number of carbonyl (C=O) groups is 1. The number of amides is 1. The minimum Gasteiger partial charge on any atom is -0.322 e. The zero-order chi connectivity index (χ0) is 20.9. The van der Waals surface area contributed by atoms with Crippen LogP contribution < -0.4 is 5.32 Å². The third kappa shape index (κ3) is 4.16. The molecule has 3 aromatic carbocycles. The molecule has 4 rings (SSSR count). The Kier molecular flexibility index (Phi) is 5.45. The first kappa shape index (κ1) is 19.2. The number of nitrogens with one attached hydrogen (secondary N) is 1. The highest BCUT2D eigenvalue weighted by Crippen LogP contribution is 2.20. The Morgan fingerprint density at radius 1 is 0.833 bits per heavy atom. The highest BCUT2D eigenvalue weighted by Gasteiger charge is 2.19. The minimum absolute atomic E-state index is 0.180. The van der Waals surface area contributed by atoms with Gasteiger partial charge in [0.15, 0.2) is 0 Å². The maximum absolute atomic E-state index is 13.0. The third-order valence-electron chi connectivity index (χ3n) is 4.76. The van der Waals surface area contributed by atoms with Crippen molar-refractivity contribution < 1.29 is 4.79 Å². The van der Waals surface area contributed by atoms with Crippen molar-refractivity contribution in [1.29, 1.82) is 0 Å². The Bertz CT molecular complexity index is 1250. The molecule has 0 saturated heterocycles. The summed E-state index contributed by atoms with van der Waals surface area (Å²) in [7, 11) is 0. The number of anilines is 1. The molecule has 1 N–H and O–H groups in total. The van der Waals surface area contributed by atoms with E-state index in [9.17, 15) is 4.79 Å². The molecule has 0 saturated carbocycles. The van der Waals surface area contributed by atoms with E-state index in [0.717, 1.165) is 22.5 Å². The Hall–Kier alpha value is -4.10. The monoisotopic (exact) mass is 391 g/mol. The number of hydrogen-bond acceptors (Lipinski definition) is 2. The summed E-state index contributed by atoms with van der Waals surface area (Å²) in [5.41, 5.74) is 5.49. The van der Waals surface area contributed by atoms with Crippen LogP contribution in [0.5, 0.6) is 0 Å². The van der Waals surface area contributed by atoms with Gasteiger partial charge in [0.25, 0.3) is 5.91 Å². The fourth-order valence-electron chi connectivity index (χ4n) is 3.33. The van der Waals surface area contributed by atoms with Crippen molar-refractivity contribution in [3.63, 3.8) is 0 Å². The average molecular weight is 391 g/mol. The van der Waals surface area contributed by atoms with Gasteiger partial charge in [0, 0.05) is 16.8 Å². The van der Waals surface area contributed by atoms with Crippen molar-refractivity contribution in [2.24, 2.45) is 0 Å². The molecule has 1 aromatic heterocycles. The zero-order valence-corrected chi connectivity index (χ0v) is 16.9. The molecule has 0 fully saturated rings. The number of rotatable bonds is 3. The summed E-state index contributed by atoms with van der Waals surface area (Å²) >= 11 is 0. The Morgan fingerprint density at radius 3 is 2.20 bits per heavy atom. The molecule has 30 heavy (non-hydrogen) atoms. The predicted octanol–water partition coefficient (Wildman–Crippen LogP) is 5.14. The van der Waals surface area contributed by atoms with Gasteiger partial charge < -0.3 is 5.32 Å². The summed E-state index contributed by atoms with van der Waals surface area (Å²) in [6.07, 6.45) is 0. The molecule has 0 bridgehead atoms. The molecular weight excluding hydrogens is 370 g/mol. The molecule has 0 aliphatic rings. The maximum atomic E-state index is 13.0. The van der Waals surface area contributed by atoms with Gasteiger partial charge in [-0.25, -0.2) is 4.68 Å².